The molecule has 1 atom stereocenters. The van der Waals surface area contributed by atoms with Crippen LogP contribution in [0.4, 0.5) is 5.69 Å². The summed E-state index contributed by atoms with van der Waals surface area (Å²) in [6.45, 7) is 2.14. The van der Waals surface area contributed by atoms with Crippen molar-refractivity contribution < 1.29 is 9.21 Å². The number of nitrogens with one attached hydrogen (secondary N) is 1. The number of para-hydroxylation sites is 1. The highest BCUT2D eigenvalue weighted by atomic mass is 32.2. The number of aryl methyl sites for hydroxylation is 1. The molecule has 4 nitrogen and oxygen atoms in total. The Morgan fingerprint density at radius 2 is 2.14 bits per heavy atom. The molecule has 5 heteroatoms. The first kappa shape index (κ1) is 15.5. The van der Waals surface area contributed by atoms with Crippen LogP contribution in [0.3, 0.4) is 0 Å². The third-order valence-corrected chi connectivity index (χ3v) is 4.16. The van der Waals surface area contributed by atoms with E-state index in [0.717, 1.165) is 29.2 Å². The van der Waals surface area contributed by atoms with Crippen LogP contribution in [0, 0.1) is 0 Å². The van der Waals surface area contributed by atoms with Crippen LogP contribution in [0.1, 0.15) is 19.1 Å². The number of anilines is 1. The first-order valence-electron chi connectivity index (χ1n) is 6.94. The molecule has 1 aromatic heterocycles. The molecule has 1 unspecified atom stereocenters. The molecule has 0 aliphatic heterocycles. The van der Waals surface area contributed by atoms with Gasteiger partial charge in [-0.1, -0.05) is 12.1 Å². The fourth-order valence-corrected chi connectivity index (χ4v) is 2.77. The normalized spacial score (nSPS) is 12.0. The summed E-state index contributed by atoms with van der Waals surface area (Å²) in [5, 5.41) is 3.48. The number of nitrogens with two attached hydrogens (primary N) is 1. The van der Waals surface area contributed by atoms with Crippen molar-refractivity contribution in [2.45, 2.75) is 30.7 Å². The van der Waals surface area contributed by atoms with Gasteiger partial charge in [0.1, 0.15) is 5.76 Å². The van der Waals surface area contributed by atoms with E-state index in [1.165, 1.54) is 11.8 Å². The molecule has 0 fully saturated rings. The van der Waals surface area contributed by atoms with Gasteiger partial charge in [-0.15, -0.1) is 11.8 Å². The van der Waals surface area contributed by atoms with Crippen LogP contribution in [0.25, 0.3) is 0 Å². The fraction of sp³-hybridized carbons (Fsp3) is 0.312. The van der Waals surface area contributed by atoms with Gasteiger partial charge < -0.3 is 15.5 Å². The summed E-state index contributed by atoms with van der Waals surface area (Å²) >= 11 is 1.46. The SMILES string of the molecule is CC(CCc1ccco1)Nc1ccccc1SCC(N)=O. The first-order chi connectivity index (χ1) is 10.1. The Balaban J connectivity index is 1.90. The lowest BCUT2D eigenvalue weighted by molar-refractivity contribution is -0.115. The molecule has 2 rings (SSSR count). The molecule has 0 saturated heterocycles. The van der Waals surface area contributed by atoms with Gasteiger partial charge in [0.15, 0.2) is 0 Å². The van der Waals surface area contributed by atoms with Crippen molar-refractivity contribution in [3.8, 4) is 0 Å². The Morgan fingerprint density at radius 3 is 2.86 bits per heavy atom. The lowest BCUT2D eigenvalue weighted by Crippen LogP contribution is -2.17. The maximum Gasteiger partial charge on any atom is 0.227 e. The van der Waals surface area contributed by atoms with Crippen LogP contribution in [0.5, 0.6) is 0 Å². The van der Waals surface area contributed by atoms with E-state index in [9.17, 15) is 4.79 Å². The number of furan rings is 1. The van der Waals surface area contributed by atoms with Crippen LogP contribution < -0.4 is 11.1 Å². The lowest BCUT2D eigenvalue weighted by Gasteiger charge is -2.17. The van der Waals surface area contributed by atoms with Crippen molar-refractivity contribution in [3.05, 3.63) is 48.4 Å². The Morgan fingerprint density at radius 1 is 1.33 bits per heavy atom. The second-order valence-corrected chi connectivity index (χ2v) is 5.93. The van der Waals surface area contributed by atoms with E-state index < -0.39 is 0 Å². The minimum absolute atomic E-state index is 0.291. The molecule has 0 aliphatic carbocycles. The summed E-state index contributed by atoms with van der Waals surface area (Å²) in [6, 6.07) is 12.2. The minimum Gasteiger partial charge on any atom is -0.469 e. The molecule has 3 N–H and O–H groups in total. The number of hydrogen-bond acceptors (Lipinski definition) is 4. The average Bonchev–Trinajstić information content (AvgIpc) is 2.97. The van der Waals surface area contributed by atoms with Gasteiger partial charge in [-0.3, -0.25) is 4.79 Å². The molecular formula is C16H20N2O2S. The smallest absolute Gasteiger partial charge is 0.227 e. The van der Waals surface area contributed by atoms with Crippen molar-refractivity contribution >= 4 is 23.4 Å². The summed E-state index contributed by atoms with van der Waals surface area (Å²) in [7, 11) is 0. The van der Waals surface area contributed by atoms with Gasteiger partial charge in [0.25, 0.3) is 0 Å². The summed E-state index contributed by atoms with van der Waals surface area (Å²) < 4.78 is 5.34. The van der Waals surface area contributed by atoms with Crippen LogP contribution in [0.15, 0.2) is 52.0 Å². The number of hydrogen-bond donors (Lipinski definition) is 2. The maximum absolute atomic E-state index is 10.9. The van der Waals surface area contributed by atoms with Gasteiger partial charge in [-0.2, -0.15) is 0 Å². The molecule has 2 aromatic rings. The third kappa shape index (κ3) is 5.19. The highest BCUT2D eigenvalue weighted by molar-refractivity contribution is 8.00. The Labute approximate surface area is 129 Å². The average molecular weight is 304 g/mol. The third-order valence-electron chi connectivity index (χ3n) is 3.06. The number of rotatable bonds is 8. The molecule has 112 valence electrons. The van der Waals surface area contributed by atoms with E-state index in [1.807, 2.05) is 36.4 Å². The zero-order valence-electron chi connectivity index (χ0n) is 12.0. The predicted octanol–water partition coefficient (Wildman–Crippen LogP) is 3.29. The zero-order chi connectivity index (χ0) is 15.1. The van der Waals surface area contributed by atoms with Crippen molar-refractivity contribution in [1.82, 2.24) is 0 Å². The van der Waals surface area contributed by atoms with Gasteiger partial charge in [-0.05, 0) is 37.6 Å². The summed E-state index contributed by atoms with van der Waals surface area (Å²) in [5.74, 6) is 0.986. The van der Waals surface area contributed by atoms with Gasteiger partial charge in [0, 0.05) is 23.0 Å². The standard InChI is InChI=1S/C16H20N2O2S/c1-12(8-9-13-5-4-10-20-13)18-14-6-2-3-7-15(14)21-11-16(17)19/h2-7,10,12,18H,8-9,11H2,1H3,(H2,17,19). The monoisotopic (exact) mass is 304 g/mol. The molecule has 0 spiro atoms. The van der Waals surface area contributed by atoms with Crippen molar-refractivity contribution in [3.63, 3.8) is 0 Å². The van der Waals surface area contributed by atoms with Crippen molar-refractivity contribution in [2.75, 3.05) is 11.1 Å². The van der Waals surface area contributed by atoms with Gasteiger partial charge in [0.05, 0.1) is 12.0 Å². The molecule has 0 radical (unpaired) electrons. The van der Waals surface area contributed by atoms with E-state index in [0.29, 0.717) is 11.8 Å². The fourth-order valence-electron chi connectivity index (χ4n) is 2.01. The van der Waals surface area contributed by atoms with Crippen molar-refractivity contribution in [2.24, 2.45) is 5.73 Å². The molecular weight excluding hydrogens is 284 g/mol. The number of primary amides is 1. The van der Waals surface area contributed by atoms with Crippen LogP contribution in [-0.2, 0) is 11.2 Å². The molecule has 0 saturated carbocycles. The van der Waals surface area contributed by atoms with E-state index in [4.69, 9.17) is 10.2 Å². The highest BCUT2D eigenvalue weighted by Crippen LogP contribution is 2.27. The Bertz CT molecular complexity index is 569. The second-order valence-electron chi connectivity index (χ2n) is 4.91. The summed E-state index contributed by atoms with van der Waals surface area (Å²) in [4.78, 5) is 12.0. The molecule has 21 heavy (non-hydrogen) atoms. The van der Waals surface area contributed by atoms with Gasteiger partial charge >= 0.3 is 0 Å². The van der Waals surface area contributed by atoms with Gasteiger partial charge in [-0.25, -0.2) is 0 Å². The van der Waals surface area contributed by atoms with Crippen molar-refractivity contribution in [1.29, 1.82) is 0 Å². The van der Waals surface area contributed by atoms with E-state index in [2.05, 4.69) is 12.2 Å². The Hall–Kier alpha value is -1.88. The lowest BCUT2D eigenvalue weighted by atomic mass is 10.1. The number of amides is 1. The van der Waals surface area contributed by atoms with E-state index >= 15 is 0 Å². The zero-order valence-corrected chi connectivity index (χ0v) is 12.9. The maximum atomic E-state index is 10.9. The number of carbonyl (C=O) groups is 1. The predicted molar refractivity (Wildman–Crippen MR) is 86.5 cm³/mol. The van der Waals surface area contributed by atoms with E-state index in [-0.39, 0.29) is 5.91 Å². The number of carbonyl (C=O) groups excluding carboxylic acids is 1. The molecule has 1 aromatic carbocycles. The van der Waals surface area contributed by atoms with Crippen LogP contribution in [-0.4, -0.2) is 17.7 Å². The van der Waals surface area contributed by atoms with E-state index in [1.54, 1.807) is 6.26 Å². The van der Waals surface area contributed by atoms with Gasteiger partial charge in [0.2, 0.25) is 5.91 Å². The molecule has 1 heterocycles. The molecule has 1 amide bonds. The number of thioether (sulfide) groups is 1. The van der Waals surface area contributed by atoms with Crippen LogP contribution in [0.2, 0.25) is 0 Å². The topological polar surface area (TPSA) is 68.3 Å². The second kappa shape index (κ2) is 7.78. The minimum atomic E-state index is -0.305. The molecule has 0 bridgehead atoms. The quantitative estimate of drug-likeness (QED) is 0.734. The largest absolute Gasteiger partial charge is 0.469 e. The van der Waals surface area contributed by atoms with Crippen LogP contribution >= 0.6 is 11.8 Å². The molecule has 0 aliphatic rings. The number of benzene rings is 1. The highest BCUT2D eigenvalue weighted by Gasteiger charge is 2.08. The summed E-state index contributed by atoms with van der Waals surface area (Å²) in [6.07, 6.45) is 3.57. The summed E-state index contributed by atoms with van der Waals surface area (Å²) in [5.41, 5.74) is 6.24. The first-order valence-corrected chi connectivity index (χ1v) is 7.93. The Kier molecular flexibility index (Phi) is 5.75.